The molecule has 2 atom stereocenters. The summed E-state index contributed by atoms with van der Waals surface area (Å²) >= 11 is 0. The van der Waals surface area contributed by atoms with Gasteiger partial charge in [-0.05, 0) is 24.9 Å². The number of rotatable bonds is 7. The molecule has 2 N–H and O–H groups in total. The summed E-state index contributed by atoms with van der Waals surface area (Å²) in [5.41, 5.74) is 0.453. The van der Waals surface area contributed by atoms with Gasteiger partial charge in [0.25, 0.3) is 0 Å². The van der Waals surface area contributed by atoms with Crippen LogP contribution in [0.3, 0.4) is 0 Å². The summed E-state index contributed by atoms with van der Waals surface area (Å²) < 4.78 is 0. The highest BCUT2D eigenvalue weighted by Crippen LogP contribution is 2.44. The monoisotopic (exact) mass is 214 g/mol. The van der Waals surface area contributed by atoms with Gasteiger partial charge in [-0.15, -0.1) is 0 Å². The Kier molecular flexibility index (Phi) is 4.56. The zero-order chi connectivity index (χ0) is 11.5. The smallest absolute Gasteiger partial charge is 0.0791 e. The second kappa shape index (κ2) is 5.28. The van der Waals surface area contributed by atoms with Crippen LogP contribution < -0.4 is 5.32 Å². The van der Waals surface area contributed by atoms with Crippen LogP contribution in [-0.4, -0.2) is 48.3 Å². The molecular weight excluding hydrogens is 188 g/mol. The molecule has 15 heavy (non-hydrogen) atoms. The van der Waals surface area contributed by atoms with E-state index in [1.807, 2.05) is 0 Å². The van der Waals surface area contributed by atoms with Crippen molar-refractivity contribution in [3.8, 4) is 0 Å². The van der Waals surface area contributed by atoms with Gasteiger partial charge in [0.2, 0.25) is 0 Å². The minimum Gasteiger partial charge on any atom is -0.390 e. The predicted octanol–water partition coefficient (Wildman–Crippen LogP) is 1.08. The minimum atomic E-state index is -0.235. The zero-order valence-corrected chi connectivity index (χ0v) is 10.6. The van der Waals surface area contributed by atoms with Crippen LogP contribution in [0.25, 0.3) is 0 Å². The predicted molar refractivity (Wildman–Crippen MR) is 64.0 cm³/mol. The molecule has 0 spiro atoms. The van der Waals surface area contributed by atoms with Gasteiger partial charge < -0.3 is 15.3 Å². The van der Waals surface area contributed by atoms with E-state index in [9.17, 15) is 5.11 Å². The van der Waals surface area contributed by atoms with E-state index in [-0.39, 0.29) is 6.10 Å². The van der Waals surface area contributed by atoms with Crippen molar-refractivity contribution in [3.05, 3.63) is 0 Å². The number of likely N-dealkylation sites (N-methyl/N-ethyl adjacent to an activating group) is 1. The van der Waals surface area contributed by atoms with Crippen LogP contribution in [-0.2, 0) is 0 Å². The Morgan fingerprint density at radius 1 is 1.40 bits per heavy atom. The maximum absolute atomic E-state index is 9.82. The molecule has 3 nitrogen and oxygen atoms in total. The number of nitrogens with zero attached hydrogens (tertiary/aromatic N) is 1. The summed E-state index contributed by atoms with van der Waals surface area (Å²) in [4.78, 5) is 2.25. The van der Waals surface area contributed by atoms with Crippen molar-refractivity contribution in [2.75, 3.05) is 26.2 Å². The third kappa shape index (κ3) is 4.09. The highest BCUT2D eigenvalue weighted by atomic mass is 16.3. The fourth-order valence-corrected chi connectivity index (χ4v) is 1.94. The van der Waals surface area contributed by atoms with Crippen molar-refractivity contribution in [1.82, 2.24) is 10.2 Å². The van der Waals surface area contributed by atoms with E-state index in [1.54, 1.807) is 0 Å². The van der Waals surface area contributed by atoms with Gasteiger partial charge in [-0.2, -0.15) is 0 Å². The topological polar surface area (TPSA) is 35.5 Å². The van der Waals surface area contributed by atoms with Crippen molar-refractivity contribution in [1.29, 1.82) is 0 Å². The Balaban J connectivity index is 2.11. The molecule has 1 rings (SSSR count). The molecule has 90 valence electrons. The molecule has 0 heterocycles. The summed E-state index contributed by atoms with van der Waals surface area (Å²) in [6.07, 6.45) is 1.01. The maximum atomic E-state index is 9.82. The van der Waals surface area contributed by atoms with Gasteiger partial charge in [-0.25, -0.2) is 0 Å². The van der Waals surface area contributed by atoms with Crippen LogP contribution in [0.1, 0.15) is 34.1 Å². The molecule has 0 aromatic heterocycles. The SMILES string of the molecule is CCN(CC)CC(O)CNC1CC1(C)C. The molecule has 1 aliphatic rings. The van der Waals surface area contributed by atoms with Crippen molar-refractivity contribution in [2.45, 2.75) is 46.3 Å². The minimum absolute atomic E-state index is 0.235. The lowest BCUT2D eigenvalue weighted by atomic mass is 10.2. The maximum Gasteiger partial charge on any atom is 0.0791 e. The fraction of sp³-hybridized carbons (Fsp3) is 1.00. The molecule has 0 aromatic carbocycles. The van der Waals surface area contributed by atoms with E-state index < -0.39 is 0 Å². The van der Waals surface area contributed by atoms with Crippen LogP contribution in [0.2, 0.25) is 0 Å². The molecule has 0 bridgehead atoms. The highest BCUT2D eigenvalue weighted by molar-refractivity contribution is 5.01. The second-order valence-corrected chi connectivity index (χ2v) is 5.29. The van der Waals surface area contributed by atoms with Crippen molar-refractivity contribution in [3.63, 3.8) is 0 Å². The normalized spacial score (nSPS) is 25.6. The lowest BCUT2D eigenvalue weighted by molar-refractivity contribution is 0.115. The van der Waals surface area contributed by atoms with E-state index in [1.165, 1.54) is 6.42 Å². The standard InChI is InChI=1S/C12H26N2O/c1-5-14(6-2)9-10(15)8-13-11-7-12(11,3)4/h10-11,13,15H,5-9H2,1-4H3. The Morgan fingerprint density at radius 3 is 2.33 bits per heavy atom. The molecule has 0 amide bonds. The number of hydrogen-bond donors (Lipinski definition) is 2. The first-order valence-electron chi connectivity index (χ1n) is 6.13. The van der Waals surface area contributed by atoms with Crippen LogP contribution in [0.5, 0.6) is 0 Å². The quantitative estimate of drug-likeness (QED) is 0.665. The van der Waals surface area contributed by atoms with Crippen molar-refractivity contribution >= 4 is 0 Å². The average molecular weight is 214 g/mol. The van der Waals surface area contributed by atoms with Crippen LogP contribution in [0.15, 0.2) is 0 Å². The van der Waals surface area contributed by atoms with Gasteiger partial charge in [0.05, 0.1) is 6.10 Å². The summed E-state index contributed by atoms with van der Waals surface area (Å²) in [7, 11) is 0. The third-order valence-corrected chi connectivity index (χ3v) is 3.48. The van der Waals surface area contributed by atoms with E-state index >= 15 is 0 Å². The first kappa shape index (κ1) is 12.9. The molecule has 0 saturated heterocycles. The van der Waals surface area contributed by atoms with Gasteiger partial charge in [0, 0.05) is 19.1 Å². The Morgan fingerprint density at radius 2 is 1.93 bits per heavy atom. The number of aliphatic hydroxyl groups is 1. The molecule has 0 aromatic rings. The van der Waals surface area contributed by atoms with E-state index in [0.29, 0.717) is 11.5 Å². The summed E-state index contributed by atoms with van der Waals surface area (Å²) in [6.45, 7) is 12.3. The van der Waals surface area contributed by atoms with Gasteiger partial charge in [-0.1, -0.05) is 27.7 Å². The largest absolute Gasteiger partial charge is 0.390 e. The number of hydrogen-bond acceptors (Lipinski definition) is 3. The Labute approximate surface area is 93.9 Å². The van der Waals surface area contributed by atoms with Gasteiger partial charge in [0.1, 0.15) is 0 Å². The van der Waals surface area contributed by atoms with Gasteiger partial charge in [-0.3, -0.25) is 0 Å². The van der Waals surface area contributed by atoms with Crippen LogP contribution >= 0.6 is 0 Å². The van der Waals surface area contributed by atoms with E-state index in [2.05, 4.69) is 37.9 Å². The Bertz CT molecular complexity index is 190. The lowest BCUT2D eigenvalue weighted by Gasteiger charge is -2.22. The first-order valence-corrected chi connectivity index (χ1v) is 6.13. The highest BCUT2D eigenvalue weighted by Gasteiger charge is 2.45. The van der Waals surface area contributed by atoms with Crippen LogP contribution in [0, 0.1) is 5.41 Å². The van der Waals surface area contributed by atoms with E-state index in [4.69, 9.17) is 0 Å². The second-order valence-electron chi connectivity index (χ2n) is 5.29. The van der Waals surface area contributed by atoms with Gasteiger partial charge >= 0.3 is 0 Å². The van der Waals surface area contributed by atoms with Crippen molar-refractivity contribution < 1.29 is 5.11 Å². The van der Waals surface area contributed by atoms with Gasteiger partial charge in [0.15, 0.2) is 0 Å². The molecular formula is C12H26N2O. The zero-order valence-electron chi connectivity index (χ0n) is 10.6. The van der Waals surface area contributed by atoms with Crippen molar-refractivity contribution in [2.24, 2.45) is 5.41 Å². The fourth-order valence-electron chi connectivity index (χ4n) is 1.94. The molecule has 1 aliphatic carbocycles. The molecule has 3 heteroatoms. The molecule has 1 fully saturated rings. The number of nitrogens with one attached hydrogen (secondary N) is 1. The summed E-state index contributed by atoms with van der Waals surface area (Å²) in [5, 5.41) is 13.2. The molecule has 2 unspecified atom stereocenters. The summed E-state index contributed by atoms with van der Waals surface area (Å²) in [5.74, 6) is 0. The number of aliphatic hydroxyl groups excluding tert-OH is 1. The first-order chi connectivity index (χ1) is 6.99. The molecule has 0 radical (unpaired) electrons. The average Bonchev–Trinajstić information content (AvgIpc) is 2.80. The lowest BCUT2D eigenvalue weighted by Crippen LogP contribution is -2.39. The summed E-state index contributed by atoms with van der Waals surface area (Å²) in [6, 6.07) is 0.615. The molecule has 1 saturated carbocycles. The molecule has 0 aliphatic heterocycles. The Hall–Kier alpha value is -0.120. The van der Waals surface area contributed by atoms with Crippen LogP contribution in [0.4, 0.5) is 0 Å². The third-order valence-electron chi connectivity index (χ3n) is 3.48. The van der Waals surface area contributed by atoms with E-state index in [0.717, 1.165) is 26.2 Å².